The minimum absolute atomic E-state index is 0.346. The highest BCUT2D eigenvalue weighted by atomic mass is 16.3. The Hall–Kier alpha value is -0.800. The molecule has 2 heterocycles. The molecule has 0 aliphatic carbocycles. The van der Waals surface area contributed by atoms with E-state index in [1.807, 2.05) is 6.07 Å². The van der Waals surface area contributed by atoms with Gasteiger partial charge in [0, 0.05) is 12.6 Å². The summed E-state index contributed by atoms with van der Waals surface area (Å²) in [5.41, 5.74) is 0. The van der Waals surface area contributed by atoms with Crippen molar-refractivity contribution < 1.29 is 4.42 Å². The van der Waals surface area contributed by atoms with Gasteiger partial charge in [0.05, 0.1) is 12.3 Å². The van der Waals surface area contributed by atoms with Crippen LogP contribution >= 0.6 is 0 Å². The van der Waals surface area contributed by atoms with Gasteiger partial charge in [0.25, 0.3) is 0 Å². The van der Waals surface area contributed by atoms with Gasteiger partial charge < -0.3 is 9.73 Å². The lowest BCUT2D eigenvalue weighted by Crippen LogP contribution is -2.44. The average Bonchev–Trinajstić information content (AvgIpc) is 3.06. The summed E-state index contributed by atoms with van der Waals surface area (Å²) in [5.74, 6) is 1.76. The Labute approximate surface area is 117 Å². The predicted octanol–water partition coefficient (Wildman–Crippen LogP) is 3.44. The molecule has 0 amide bonds. The highest BCUT2D eigenvalue weighted by Gasteiger charge is 2.25. The first-order chi connectivity index (χ1) is 9.22. The van der Waals surface area contributed by atoms with Gasteiger partial charge in [-0.05, 0) is 50.4 Å². The van der Waals surface area contributed by atoms with Gasteiger partial charge in [0.15, 0.2) is 0 Å². The van der Waals surface area contributed by atoms with Crippen LogP contribution in [0.25, 0.3) is 0 Å². The highest BCUT2D eigenvalue weighted by Crippen LogP contribution is 2.20. The first-order valence-electron chi connectivity index (χ1n) is 7.73. The smallest absolute Gasteiger partial charge is 0.120 e. The Balaban J connectivity index is 1.90. The minimum atomic E-state index is 0.346. The zero-order valence-corrected chi connectivity index (χ0v) is 12.6. The standard InChI is InChI=1S/C16H28N2O/c1-4-14(16-8-7-11-19-16)17-12-15(13(2)3)18-9-5-6-10-18/h7-8,11,13-15,17H,4-6,9-10,12H2,1-3H3. The molecule has 1 aromatic rings. The van der Waals surface area contributed by atoms with Crippen LogP contribution in [0.2, 0.25) is 0 Å². The van der Waals surface area contributed by atoms with Crippen molar-refractivity contribution in [3.63, 3.8) is 0 Å². The molecule has 1 N–H and O–H groups in total. The maximum atomic E-state index is 5.53. The SMILES string of the molecule is CCC(NCC(C(C)C)N1CCCC1)c1ccco1. The van der Waals surface area contributed by atoms with Crippen molar-refractivity contribution in [2.45, 2.75) is 52.1 Å². The van der Waals surface area contributed by atoms with E-state index in [1.165, 1.54) is 25.9 Å². The second kappa shape index (κ2) is 7.11. The van der Waals surface area contributed by atoms with Crippen LogP contribution in [0.3, 0.4) is 0 Å². The summed E-state index contributed by atoms with van der Waals surface area (Å²) in [4.78, 5) is 2.65. The normalized spacial score (nSPS) is 20.0. The zero-order chi connectivity index (χ0) is 13.7. The van der Waals surface area contributed by atoms with E-state index in [4.69, 9.17) is 4.42 Å². The van der Waals surface area contributed by atoms with Crippen LogP contribution < -0.4 is 5.32 Å². The largest absolute Gasteiger partial charge is 0.468 e. The molecule has 2 rings (SSSR count). The lowest BCUT2D eigenvalue weighted by atomic mass is 10.0. The summed E-state index contributed by atoms with van der Waals surface area (Å²) in [6, 6.07) is 5.03. The summed E-state index contributed by atoms with van der Waals surface area (Å²) in [6.45, 7) is 10.5. The van der Waals surface area contributed by atoms with Crippen molar-refractivity contribution in [3.05, 3.63) is 24.2 Å². The molecular weight excluding hydrogens is 236 g/mol. The van der Waals surface area contributed by atoms with Gasteiger partial charge in [0.2, 0.25) is 0 Å². The van der Waals surface area contributed by atoms with Crippen LogP contribution in [0.5, 0.6) is 0 Å². The molecule has 3 heteroatoms. The second-order valence-electron chi connectivity index (χ2n) is 5.94. The number of rotatable bonds is 7. The lowest BCUT2D eigenvalue weighted by molar-refractivity contribution is 0.179. The highest BCUT2D eigenvalue weighted by molar-refractivity contribution is 5.04. The third-order valence-corrected chi connectivity index (χ3v) is 4.25. The topological polar surface area (TPSA) is 28.4 Å². The van der Waals surface area contributed by atoms with Crippen LogP contribution in [0.15, 0.2) is 22.8 Å². The molecule has 19 heavy (non-hydrogen) atoms. The maximum absolute atomic E-state index is 5.53. The van der Waals surface area contributed by atoms with Gasteiger partial charge in [-0.2, -0.15) is 0 Å². The molecule has 1 aromatic heterocycles. The van der Waals surface area contributed by atoms with E-state index in [-0.39, 0.29) is 0 Å². The van der Waals surface area contributed by atoms with Gasteiger partial charge in [-0.3, -0.25) is 4.90 Å². The van der Waals surface area contributed by atoms with Crippen molar-refractivity contribution in [2.75, 3.05) is 19.6 Å². The van der Waals surface area contributed by atoms with Crippen molar-refractivity contribution in [2.24, 2.45) is 5.92 Å². The summed E-state index contributed by atoms with van der Waals surface area (Å²) in [5, 5.41) is 3.69. The van der Waals surface area contributed by atoms with Crippen molar-refractivity contribution >= 4 is 0 Å². The molecule has 0 bridgehead atoms. The van der Waals surface area contributed by atoms with Crippen molar-refractivity contribution in [3.8, 4) is 0 Å². The molecule has 2 unspecified atom stereocenters. The fourth-order valence-electron chi connectivity index (χ4n) is 3.06. The van der Waals surface area contributed by atoms with Crippen LogP contribution in [-0.4, -0.2) is 30.6 Å². The first kappa shape index (κ1) is 14.6. The van der Waals surface area contributed by atoms with Crippen molar-refractivity contribution in [1.29, 1.82) is 0 Å². The molecule has 0 radical (unpaired) electrons. The summed E-state index contributed by atoms with van der Waals surface area (Å²) in [6.07, 6.45) is 5.55. The Morgan fingerprint density at radius 3 is 2.58 bits per heavy atom. The average molecular weight is 264 g/mol. The Kier molecular flexibility index (Phi) is 5.46. The molecule has 108 valence electrons. The molecule has 1 fully saturated rings. The molecule has 1 aliphatic heterocycles. The summed E-state index contributed by atoms with van der Waals surface area (Å²) < 4.78 is 5.53. The number of furan rings is 1. The van der Waals surface area contributed by atoms with E-state index in [0.29, 0.717) is 18.0 Å². The third kappa shape index (κ3) is 3.83. The fraction of sp³-hybridized carbons (Fsp3) is 0.750. The molecule has 1 aliphatic rings. The number of likely N-dealkylation sites (tertiary alicyclic amines) is 1. The Morgan fingerprint density at radius 2 is 2.05 bits per heavy atom. The molecule has 0 aromatic carbocycles. The van der Waals surface area contributed by atoms with Gasteiger partial charge in [-0.1, -0.05) is 20.8 Å². The van der Waals surface area contributed by atoms with E-state index in [0.717, 1.165) is 18.7 Å². The monoisotopic (exact) mass is 264 g/mol. The first-order valence-corrected chi connectivity index (χ1v) is 7.73. The van der Waals surface area contributed by atoms with Crippen LogP contribution in [0, 0.1) is 5.92 Å². The summed E-state index contributed by atoms with van der Waals surface area (Å²) in [7, 11) is 0. The Morgan fingerprint density at radius 1 is 1.32 bits per heavy atom. The van der Waals surface area contributed by atoms with Gasteiger partial charge in [-0.25, -0.2) is 0 Å². The quantitative estimate of drug-likeness (QED) is 0.817. The fourth-order valence-corrected chi connectivity index (χ4v) is 3.06. The molecule has 1 saturated heterocycles. The van der Waals surface area contributed by atoms with Gasteiger partial charge in [-0.15, -0.1) is 0 Å². The van der Waals surface area contributed by atoms with E-state index in [1.54, 1.807) is 6.26 Å². The van der Waals surface area contributed by atoms with E-state index in [9.17, 15) is 0 Å². The molecule has 0 saturated carbocycles. The van der Waals surface area contributed by atoms with Gasteiger partial charge in [0.1, 0.15) is 5.76 Å². The van der Waals surface area contributed by atoms with Crippen LogP contribution in [-0.2, 0) is 0 Å². The van der Waals surface area contributed by atoms with E-state index in [2.05, 4.69) is 37.1 Å². The number of nitrogens with zero attached hydrogens (tertiary/aromatic N) is 1. The third-order valence-electron chi connectivity index (χ3n) is 4.25. The van der Waals surface area contributed by atoms with E-state index < -0.39 is 0 Å². The number of nitrogens with one attached hydrogen (secondary N) is 1. The van der Waals surface area contributed by atoms with Crippen LogP contribution in [0.4, 0.5) is 0 Å². The molecule has 2 atom stereocenters. The van der Waals surface area contributed by atoms with E-state index >= 15 is 0 Å². The maximum Gasteiger partial charge on any atom is 0.120 e. The van der Waals surface area contributed by atoms with Gasteiger partial charge >= 0.3 is 0 Å². The van der Waals surface area contributed by atoms with Crippen molar-refractivity contribution in [1.82, 2.24) is 10.2 Å². The predicted molar refractivity (Wildman–Crippen MR) is 79.2 cm³/mol. The minimum Gasteiger partial charge on any atom is -0.468 e. The summed E-state index contributed by atoms with van der Waals surface area (Å²) >= 11 is 0. The number of hydrogen-bond donors (Lipinski definition) is 1. The second-order valence-corrected chi connectivity index (χ2v) is 5.94. The lowest BCUT2D eigenvalue weighted by Gasteiger charge is -2.32. The number of hydrogen-bond acceptors (Lipinski definition) is 3. The Bertz CT molecular complexity index is 342. The zero-order valence-electron chi connectivity index (χ0n) is 12.6. The molecule has 0 spiro atoms. The molecule has 3 nitrogen and oxygen atoms in total. The molecular formula is C16H28N2O. The van der Waals surface area contributed by atoms with Crippen LogP contribution in [0.1, 0.15) is 51.8 Å².